The number of nitrogens with zero attached hydrogens (tertiary/aromatic N) is 2. The largest absolute Gasteiger partial charge is 0.460 e. The van der Waals surface area contributed by atoms with Crippen molar-refractivity contribution < 1.29 is 33.0 Å². The summed E-state index contributed by atoms with van der Waals surface area (Å²) in [4.78, 5) is 52.7. The van der Waals surface area contributed by atoms with Crippen LogP contribution in [0.1, 0.15) is 30.2 Å². The predicted octanol–water partition coefficient (Wildman–Crippen LogP) is 5.02. The number of hydrogen-bond acceptors (Lipinski definition) is 8. The first-order valence-electron chi connectivity index (χ1n) is 12.9. The van der Waals surface area contributed by atoms with E-state index in [-0.39, 0.29) is 35.8 Å². The lowest BCUT2D eigenvalue weighted by atomic mass is 10.0. The Bertz CT molecular complexity index is 1440. The van der Waals surface area contributed by atoms with E-state index in [1.54, 1.807) is 56.7 Å². The van der Waals surface area contributed by atoms with E-state index in [4.69, 9.17) is 16.3 Å². The molecule has 0 radical (unpaired) electrons. The molecule has 3 aromatic rings. The highest BCUT2D eigenvalue weighted by Gasteiger charge is 2.23. The van der Waals surface area contributed by atoms with Crippen LogP contribution in [0, 0.1) is 5.82 Å². The fourth-order valence-corrected chi connectivity index (χ4v) is 4.51. The molecule has 0 fully saturated rings. The van der Waals surface area contributed by atoms with Crippen molar-refractivity contribution in [2.24, 2.45) is 0 Å². The molecule has 2 aromatic carbocycles. The fraction of sp³-hybridized carbons (Fsp3) is 0.276. The Labute approximate surface area is 247 Å². The van der Waals surface area contributed by atoms with Gasteiger partial charge in [0.05, 0.1) is 35.5 Å². The molecule has 0 aliphatic carbocycles. The number of ether oxygens (including phenoxy) is 2. The number of carbonyl (C=O) groups is 4. The van der Waals surface area contributed by atoms with Crippen LogP contribution in [0.15, 0.2) is 48.7 Å². The van der Waals surface area contributed by atoms with Crippen molar-refractivity contribution >= 4 is 53.5 Å². The van der Waals surface area contributed by atoms with Gasteiger partial charge in [-0.3, -0.25) is 24.7 Å². The number of aromatic nitrogens is 1. The maximum Gasteiger partial charge on any atom is 0.411 e. The minimum absolute atomic E-state index is 0.00382. The van der Waals surface area contributed by atoms with Gasteiger partial charge in [0.15, 0.2) is 5.82 Å². The van der Waals surface area contributed by atoms with Gasteiger partial charge in [0, 0.05) is 43.8 Å². The molecule has 0 aliphatic heterocycles. The summed E-state index contributed by atoms with van der Waals surface area (Å²) in [6.07, 6.45) is 1.20. The lowest BCUT2D eigenvalue weighted by molar-refractivity contribution is -0.135. The first kappa shape index (κ1) is 31.8. The van der Waals surface area contributed by atoms with E-state index in [0.717, 1.165) is 0 Å². The number of carbonyl (C=O) groups excluding carboxylic acids is 4. The number of amides is 3. The molecule has 1 heterocycles. The molecule has 11 nitrogen and oxygen atoms in total. The van der Waals surface area contributed by atoms with Crippen molar-refractivity contribution in [3.8, 4) is 11.1 Å². The molecule has 0 saturated carbocycles. The van der Waals surface area contributed by atoms with Gasteiger partial charge in [0.25, 0.3) is 6.47 Å². The molecular formula is C29H31ClFN5O6. The first-order chi connectivity index (χ1) is 20.2. The summed E-state index contributed by atoms with van der Waals surface area (Å²) in [5.74, 6) is -0.882. The molecule has 3 rings (SSSR count). The predicted molar refractivity (Wildman–Crippen MR) is 157 cm³/mol. The van der Waals surface area contributed by atoms with Crippen molar-refractivity contribution in [1.82, 2.24) is 9.88 Å². The van der Waals surface area contributed by atoms with Crippen molar-refractivity contribution in [3.05, 3.63) is 70.8 Å². The number of methoxy groups -OCH3 is 1. The monoisotopic (exact) mass is 599 g/mol. The number of anilines is 3. The van der Waals surface area contributed by atoms with E-state index in [2.05, 4.69) is 25.7 Å². The van der Waals surface area contributed by atoms with Crippen molar-refractivity contribution in [2.45, 2.75) is 25.4 Å². The number of likely N-dealkylation sites (N-methyl/N-ethyl adjacent to an activating group) is 1. The summed E-state index contributed by atoms with van der Waals surface area (Å²) >= 11 is 5.95. The van der Waals surface area contributed by atoms with Gasteiger partial charge in [-0.1, -0.05) is 17.7 Å². The normalized spacial score (nSPS) is 11.2. The molecule has 1 unspecified atom stereocenters. The maximum absolute atomic E-state index is 14.8. The van der Waals surface area contributed by atoms with Crippen molar-refractivity contribution in [3.63, 3.8) is 0 Å². The van der Waals surface area contributed by atoms with Crippen LogP contribution in [0.4, 0.5) is 26.2 Å². The highest BCUT2D eigenvalue weighted by Crippen LogP contribution is 2.35. The zero-order chi connectivity index (χ0) is 30.6. The van der Waals surface area contributed by atoms with E-state index in [9.17, 15) is 23.6 Å². The Morgan fingerprint density at radius 2 is 1.93 bits per heavy atom. The minimum Gasteiger partial charge on any atom is -0.460 e. The minimum atomic E-state index is -0.895. The van der Waals surface area contributed by atoms with Gasteiger partial charge in [-0.25, -0.2) is 9.18 Å². The molecule has 1 aromatic heterocycles. The van der Waals surface area contributed by atoms with Gasteiger partial charge in [0.2, 0.25) is 12.3 Å². The second-order valence-corrected chi connectivity index (χ2v) is 9.51. The second-order valence-electron chi connectivity index (χ2n) is 9.10. The van der Waals surface area contributed by atoms with E-state index in [1.807, 2.05) is 0 Å². The highest BCUT2D eigenvalue weighted by molar-refractivity contribution is 6.30. The third-order valence-electron chi connectivity index (χ3n) is 6.46. The summed E-state index contributed by atoms with van der Waals surface area (Å²) in [5, 5.41) is 7.94. The Morgan fingerprint density at radius 1 is 1.14 bits per heavy atom. The van der Waals surface area contributed by atoms with Gasteiger partial charge in [-0.2, -0.15) is 0 Å². The van der Waals surface area contributed by atoms with Gasteiger partial charge in [0.1, 0.15) is 6.10 Å². The summed E-state index contributed by atoms with van der Waals surface area (Å²) in [6, 6.07) is 11.4. The lowest BCUT2D eigenvalue weighted by Gasteiger charge is -2.22. The third kappa shape index (κ3) is 8.16. The van der Waals surface area contributed by atoms with Crippen LogP contribution in [0.25, 0.3) is 11.1 Å². The highest BCUT2D eigenvalue weighted by atomic mass is 35.5. The van der Waals surface area contributed by atoms with Gasteiger partial charge >= 0.3 is 6.09 Å². The summed E-state index contributed by atoms with van der Waals surface area (Å²) in [6.45, 7) is 0.577. The van der Waals surface area contributed by atoms with Crippen LogP contribution < -0.4 is 16.0 Å². The molecule has 222 valence electrons. The fourth-order valence-electron chi connectivity index (χ4n) is 4.34. The first-order valence-corrected chi connectivity index (χ1v) is 13.2. The zero-order valence-corrected chi connectivity index (χ0v) is 24.0. The number of benzene rings is 2. The lowest BCUT2D eigenvalue weighted by Crippen LogP contribution is -2.29. The Hall–Kier alpha value is -4.71. The van der Waals surface area contributed by atoms with Gasteiger partial charge in [-0.05, 0) is 54.8 Å². The van der Waals surface area contributed by atoms with Crippen LogP contribution >= 0.6 is 11.6 Å². The quantitative estimate of drug-likeness (QED) is 0.219. The molecule has 13 heteroatoms. The van der Waals surface area contributed by atoms with Crippen LogP contribution in [-0.2, 0) is 30.3 Å². The van der Waals surface area contributed by atoms with Crippen LogP contribution in [0.2, 0.25) is 5.02 Å². The number of pyridine rings is 1. The Kier molecular flexibility index (Phi) is 11.6. The molecule has 0 saturated heterocycles. The second kappa shape index (κ2) is 15.3. The number of nitrogens with one attached hydrogen (secondary N) is 3. The maximum atomic E-state index is 14.8. The van der Waals surface area contributed by atoms with Crippen molar-refractivity contribution in [1.29, 1.82) is 0 Å². The summed E-state index contributed by atoms with van der Waals surface area (Å²) in [7, 11) is 4.50. The van der Waals surface area contributed by atoms with Gasteiger partial charge < -0.3 is 25.0 Å². The van der Waals surface area contributed by atoms with E-state index in [0.29, 0.717) is 53.3 Å². The molecule has 0 aliphatic rings. The number of rotatable bonds is 14. The number of hydrogen-bond donors (Lipinski definition) is 3. The average Bonchev–Trinajstić information content (AvgIpc) is 2.98. The molecule has 3 amide bonds. The standard InChI is InChI=1S/C29H31ClFN5O6/c1-32-23-9-8-22(30)28(31)27(23)25(42-17-38)5-4-12-36(2)26(39)15-20-13-18(10-11-33-20)21-7-6-19(35-29(40)41-3)14-24(21)34-16-37/h6-11,13-14,16-17,25,32H,4-5,12,15H2,1-3H3,(H,34,37)(H,35,40). The molecule has 1 atom stereocenters. The van der Waals surface area contributed by atoms with Crippen LogP contribution in [0.3, 0.4) is 0 Å². The summed E-state index contributed by atoms with van der Waals surface area (Å²) in [5.41, 5.74) is 3.29. The van der Waals surface area contributed by atoms with Crippen LogP contribution in [0.5, 0.6) is 0 Å². The van der Waals surface area contributed by atoms with Crippen LogP contribution in [-0.4, -0.2) is 62.5 Å². The topological polar surface area (TPSA) is 139 Å². The third-order valence-corrected chi connectivity index (χ3v) is 6.75. The SMILES string of the molecule is CNc1ccc(Cl)c(F)c1C(CCCN(C)C(=O)Cc1cc(-c2ccc(NC(=O)OC)cc2NC=O)ccn1)OC=O. The smallest absolute Gasteiger partial charge is 0.411 e. The van der Waals surface area contributed by atoms with Crippen molar-refractivity contribution in [2.75, 3.05) is 43.7 Å². The van der Waals surface area contributed by atoms with E-state index >= 15 is 0 Å². The van der Waals surface area contributed by atoms with E-state index < -0.39 is 18.0 Å². The molecule has 0 bridgehead atoms. The molecular weight excluding hydrogens is 569 g/mol. The van der Waals surface area contributed by atoms with E-state index in [1.165, 1.54) is 18.1 Å². The number of halogens is 2. The Balaban J connectivity index is 1.68. The average molecular weight is 600 g/mol. The van der Waals surface area contributed by atoms with Gasteiger partial charge in [-0.15, -0.1) is 0 Å². The molecule has 42 heavy (non-hydrogen) atoms. The summed E-state index contributed by atoms with van der Waals surface area (Å²) < 4.78 is 24.6. The zero-order valence-electron chi connectivity index (χ0n) is 23.3. The molecule has 3 N–H and O–H groups in total. The Morgan fingerprint density at radius 3 is 2.62 bits per heavy atom. The molecule has 0 spiro atoms.